The van der Waals surface area contributed by atoms with Crippen LogP contribution in [0.2, 0.25) is 0 Å². The Hall–Kier alpha value is -1.75. The van der Waals surface area contributed by atoms with Crippen molar-refractivity contribution in [1.82, 2.24) is 14.8 Å². The van der Waals surface area contributed by atoms with E-state index < -0.39 is 11.4 Å². The van der Waals surface area contributed by atoms with Crippen molar-refractivity contribution in [3.8, 4) is 0 Å². The van der Waals surface area contributed by atoms with Gasteiger partial charge < -0.3 is 5.11 Å². The summed E-state index contributed by atoms with van der Waals surface area (Å²) in [5, 5.41) is 14.4. The zero-order valence-corrected chi connectivity index (χ0v) is 10.5. The van der Waals surface area contributed by atoms with Gasteiger partial charge in [0.15, 0.2) is 0 Å². The highest BCUT2D eigenvalue weighted by Crippen LogP contribution is 2.24. The molecule has 96 valence electrons. The summed E-state index contributed by atoms with van der Waals surface area (Å²) in [5.41, 5.74) is 0.469. The Morgan fingerprint density at radius 1 is 1.39 bits per heavy atom. The highest BCUT2D eigenvalue weighted by Gasteiger charge is 2.24. The van der Waals surface area contributed by atoms with E-state index in [2.05, 4.69) is 10.1 Å². The fraction of sp³-hybridized carbons (Fsp3) is 0.385. The van der Waals surface area contributed by atoms with Crippen LogP contribution in [0.3, 0.4) is 0 Å². The Balaban J connectivity index is 2.04. The molecule has 0 bridgehead atoms. The monoisotopic (exact) mass is 249 g/mol. The van der Waals surface area contributed by atoms with Crippen molar-refractivity contribution in [2.75, 3.05) is 0 Å². The molecule has 0 aliphatic rings. The van der Waals surface area contributed by atoms with E-state index in [4.69, 9.17) is 0 Å². The maximum atomic E-state index is 12.8. The van der Waals surface area contributed by atoms with Gasteiger partial charge in [-0.2, -0.15) is 5.10 Å². The topological polar surface area (TPSA) is 50.9 Å². The van der Waals surface area contributed by atoms with Gasteiger partial charge in [0.25, 0.3) is 0 Å². The van der Waals surface area contributed by atoms with Crippen molar-refractivity contribution in [1.29, 1.82) is 0 Å². The minimum atomic E-state index is -1.07. The van der Waals surface area contributed by atoms with Crippen LogP contribution in [0.15, 0.2) is 30.7 Å². The van der Waals surface area contributed by atoms with Gasteiger partial charge >= 0.3 is 0 Å². The zero-order chi connectivity index (χ0) is 13.2. The summed E-state index contributed by atoms with van der Waals surface area (Å²) >= 11 is 0. The van der Waals surface area contributed by atoms with Crippen molar-refractivity contribution < 1.29 is 9.50 Å². The number of aliphatic hydroxyl groups is 1. The standard InChI is InChI=1S/C13H16FN3O/c1-13(18,12-4-3-11(14)8-15-12)6-5-10-7-16-17(2)9-10/h3-4,7-9,18H,5-6H2,1-2H3. The van der Waals surface area contributed by atoms with Crippen LogP contribution >= 0.6 is 0 Å². The van der Waals surface area contributed by atoms with E-state index in [-0.39, 0.29) is 0 Å². The minimum absolute atomic E-state index is 0.401. The third-order valence-corrected chi connectivity index (χ3v) is 2.94. The molecule has 0 saturated heterocycles. The summed E-state index contributed by atoms with van der Waals surface area (Å²) in [4.78, 5) is 3.92. The summed E-state index contributed by atoms with van der Waals surface area (Å²) in [7, 11) is 1.85. The number of nitrogens with zero attached hydrogens (tertiary/aromatic N) is 3. The van der Waals surface area contributed by atoms with Gasteiger partial charge in [-0.15, -0.1) is 0 Å². The van der Waals surface area contributed by atoms with Gasteiger partial charge in [0.05, 0.1) is 18.1 Å². The third-order valence-electron chi connectivity index (χ3n) is 2.94. The molecule has 2 rings (SSSR count). The molecule has 4 nitrogen and oxygen atoms in total. The van der Waals surface area contributed by atoms with Crippen LogP contribution < -0.4 is 0 Å². The highest BCUT2D eigenvalue weighted by molar-refractivity contribution is 5.14. The van der Waals surface area contributed by atoms with E-state index >= 15 is 0 Å². The molecule has 0 spiro atoms. The number of aryl methyl sites for hydroxylation is 2. The van der Waals surface area contributed by atoms with Crippen molar-refractivity contribution >= 4 is 0 Å². The average Bonchev–Trinajstić information content (AvgIpc) is 2.73. The number of halogens is 1. The summed E-state index contributed by atoms with van der Waals surface area (Å²) in [6.07, 6.45) is 6.01. The zero-order valence-electron chi connectivity index (χ0n) is 10.5. The summed E-state index contributed by atoms with van der Waals surface area (Å²) < 4.78 is 14.5. The Labute approximate surface area is 105 Å². The second-order valence-corrected chi connectivity index (χ2v) is 4.66. The second kappa shape index (κ2) is 4.86. The molecule has 0 aliphatic heterocycles. The van der Waals surface area contributed by atoms with E-state index in [1.807, 2.05) is 13.2 Å². The average molecular weight is 249 g/mol. The van der Waals surface area contributed by atoms with Gasteiger partial charge in [0.2, 0.25) is 0 Å². The van der Waals surface area contributed by atoms with Gasteiger partial charge in [-0.1, -0.05) is 0 Å². The lowest BCUT2D eigenvalue weighted by Crippen LogP contribution is -2.23. The smallest absolute Gasteiger partial charge is 0.141 e. The third kappa shape index (κ3) is 2.92. The summed E-state index contributed by atoms with van der Waals surface area (Å²) in [6.45, 7) is 1.68. The maximum absolute atomic E-state index is 12.8. The Bertz CT molecular complexity index is 519. The number of rotatable bonds is 4. The first-order valence-corrected chi connectivity index (χ1v) is 5.79. The fourth-order valence-electron chi connectivity index (χ4n) is 1.81. The predicted octanol–water partition coefficient (Wildman–Crippen LogP) is 1.79. The molecule has 0 amide bonds. The molecule has 18 heavy (non-hydrogen) atoms. The quantitative estimate of drug-likeness (QED) is 0.898. The first kappa shape index (κ1) is 12.7. The molecule has 0 radical (unpaired) electrons. The van der Waals surface area contributed by atoms with Crippen LogP contribution in [0.4, 0.5) is 4.39 Å². The van der Waals surface area contributed by atoms with E-state index in [9.17, 15) is 9.50 Å². The van der Waals surface area contributed by atoms with Crippen LogP contribution in [0.5, 0.6) is 0 Å². The lowest BCUT2D eigenvalue weighted by molar-refractivity contribution is 0.0434. The minimum Gasteiger partial charge on any atom is -0.384 e. The molecule has 2 aromatic heterocycles. The molecular formula is C13H16FN3O. The van der Waals surface area contributed by atoms with Crippen molar-refractivity contribution in [2.24, 2.45) is 7.05 Å². The lowest BCUT2D eigenvalue weighted by Gasteiger charge is -2.22. The number of pyridine rings is 1. The van der Waals surface area contributed by atoms with Gasteiger partial charge in [-0.25, -0.2) is 4.39 Å². The Morgan fingerprint density at radius 3 is 2.72 bits per heavy atom. The van der Waals surface area contributed by atoms with Crippen LogP contribution in [0.1, 0.15) is 24.6 Å². The molecule has 0 aromatic carbocycles. The molecule has 0 aliphatic carbocycles. The van der Waals surface area contributed by atoms with Gasteiger partial charge in [-0.05, 0) is 37.5 Å². The Kier molecular flexibility index (Phi) is 3.43. The Morgan fingerprint density at radius 2 is 2.17 bits per heavy atom. The van der Waals surface area contributed by atoms with E-state index in [0.29, 0.717) is 18.5 Å². The van der Waals surface area contributed by atoms with Gasteiger partial charge in [0, 0.05) is 13.2 Å². The number of hydrogen-bond acceptors (Lipinski definition) is 3. The lowest BCUT2D eigenvalue weighted by atomic mass is 9.94. The molecular weight excluding hydrogens is 233 g/mol. The fourth-order valence-corrected chi connectivity index (χ4v) is 1.81. The normalized spacial score (nSPS) is 14.4. The van der Waals surface area contributed by atoms with E-state index in [1.165, 1.54) is 12.1 Å². The molecule has 5 heteroatoms. The van der Waals surface area contributed by atoms with Gasteiger partial charge in [0.1, 0.15) is 11.4 Å². The predicted molar refractivity (Wildman–Crippen MR) is 65.3 cm³/mol. The van der Waals surface area contributed by atoms with Crippen LogP contribution in [-0.4, -0.2) is 19.9 Å². The first-order valence-electron chi connectivity index (χ1n) is 5.79. The second-order valence-electron chi connectivity index (χ2n) is 4.66. The van der Waals surface area contributed by atoms with Crippen molar-refractivity contribution in [3.05, 3.63) is 47.8 Å². The molecule has 0 fully saturated rings. The van der Waals surface area contributed by atoms with E-state index in [1.54, 1.807) is 17.8 Å². The maximum Gasteiger partial charge on any atom is 0.141 e. The van der Waals surface area contributed by atoms with E-state index in [0.717, 1.165) is 11.8 Å². The molecule has 1 atom stereocenters. The largest absolute Gasteiger partial charge is 0.384 e. The first-order chi connectivity index (χ1) is 8.47. The number of aromatic nitrogens is 3. The number of hydrogen-bond donors (Lipinski definition) is 1. The van der Waals surface area contributed by atoms with Gasteiger partial charge in [-0.3, -0.25) is 9.67 Å². The molecule has 1 N–H and O–H groups in total. The van der Waals surface area contributed by atoms with Crippen molar-refractivity contribution in [3.63, 3.8) is 0 Å². The highest BCUT2D eigenvalue weighted by atomic mass is 19.1. The molecule has 1 unspecified atom stereocenters. The molecule has 2 heterocycles. The SMILES string of the molecule is Cn1cc(CCC(C)(O)c2ccc(F)cn2)cn1. The summed E-state index contributed by atoms with van der Waals surface area (Å²) in [5.74, 6) is -0.401. The summed E-state index contributed by atoms with van der Waals surface area (Å²) in [6, 6.07) is 2.82. The molecule has 2 aromatic rings. The van der Waals surface area contributed by atoms with Crippen LogP contribution in [0.25, 0.3) is 0 Å². The van der Waals surface area contributed by atoms with Crippen molar-refractivity contribution in [2.45, 2.75) is 25.4 Å². The molecule has 0 saturated carbocycles. The van der Waals surface area contributed by atoms with Crippen LogP contribution in [0, 0.1) is 5.82 Å². The van der Waals surface area contributed by atoms with Crippen LogP contribution in [-0.2, 0) is 19.1 Å².